The lowest BCUT2D eigenvalue weighted by molar-refractivity contribution is -0.0870. The summed E-state index contributed by atoms with van der Waals surface area (Å²) in [5.74, 6) is -5.12. The second-order valence-corrected chi connectivity index (χ2v) is 40.8. The Hall–Kier alpha value is -5.68. The molecule has 33 heteroatoms. The van der Waals surface area contributed by atoms with Crippen LogP contribution < -0.4 is 20.9 Å². The molecule has 4 N–H and O–H groups in total. The first kappa shape index (κ1) is 88.9. The number of benzene rings is 4. The van der Waals surface area contributed by atoms with Crippen molar-refractivity contribution in [2.45, 2.75) is 156 Å². The van der Waals surface area contributed by atoms with E-state index in [0.717, 1.165) is 116 Å². The van der Waals surface area contributed by atoms with Gasteiger partial charge in [-0.1, -0.05) is 20.8 Å². The van der Waals surface area contributed by atoms with Crippen molar-refractivity contribution in [2.75, 3.05) is 147 Å². The van der Waals surface area contributed by atoms with Gasteiger partial charge in [-0.05, 0) is 206 Å². The summed E-state index contributed by atoms with van der Waals surface area (Å²) in [5.41, 5.74) is 7.40. The van der Waals surface area contributed by atoms with Crippen molar-refractivity contribution in [2.24, 2.45) is 38.2 Å². The van der Waals surface area contributed by atoms with Crippen molar-refractivity contribution >= 4 is 96.9 Å². The smallest absolute Gasteiger partial charge is 0.340 e. The lowest BCUT2D eigenvalue weighted by Gasteiger charge is -2.37. The molecule has 11 fully saturated rings. The number of nitrogens with zero attached hydrogens (tertiary/aromatic N) is 2. The van der Waals surface area contributed by atoms with Gasteiger partial charge in [-0.25, -0.2) is 61.6 Å². The van der Waals surface area contributed by atoms with E-state index >= 15 is 0 Å². The Morgan fingerprint density at radius 1 is 0.505 bits per heavy atom. The molecule has 1 unspecified atom stereocenters. The zero-order chi connectivity index (χ0) is 78.9. The van der Waals surface area contributed by atoms with Crippen molar-refractivity contribution in [3.05, 3.63) is 107 Å². The van der Waals surface area contributed by atoms with Gasteiger partial charge in [0.2, 0.25) is 0 Å². The van der Waals surface area contributed by atoms with Crippen LogP contribution in [0, 0.1) is 44.1 Å². The number of carbonyl (C=O) groups excluding carboxylic acids is 3. The molecular formula is C76H106Cl2F2N4O21S4. The number of nitrogens with one attached hydrogen (secondary N) is 1. The number of anilines is 2. The molecule has 1 atom stereocenters. The quantitative estimate of drug-likeness (QED) is 0.0533. The number of sulfone groups is 3. The second kappa shape index (κ2) is 36.2. The SMILES string of the molecule is C1CC2(CCN1)CC2.CC1(CS(=O)(=O)c2ccc(C(=O)O)c(N3CCC4(CC3)CC4)c2)COC1.CC1(N)COC1.CC1CCCO1.COC(=O)c1ccc(S(=O)(=O)CC2(C)COC2)cc1F.COC(=O)c1ccc(S(=O)(=O)CC2(C)COC2)cc1N1CCC2(CC1)CC2.COC(=O)c1ccc(S(=O)(=O)Cl)cc1F.Cl. The van der Waals surface area contributed by atoms with E-state index < -0.39 is 84.4 Å². The summed E-state index contributed by atoms with van der Waals surface area (Å²) < 4.78 is 164. The van der Waals surface area contributed by atoms with Crippen LogP contribution in [0.1, 0.15) is 166 Å². The van der Waals surface area contributed by atoms with Crippen LogP contribution in [0.5, 0.6) is 0 Å². The Bertz CT molecular complexity index is 4340. The second-order valence-electron chi connectivity index (χ2n) is 32.2. The predicted octanol–water partition coefficient (Wildman–Crippen LogP) is 10.7. The molecule has 3 saturated carbocycles. The predicted molar refractivity (Wildman–Crippen MR) is 408 cm³/mol. The van der Waals surface area contributed by atoms with Crippen molar-refractivity contribution < 1.29 is 105 Å². The molecule has 8 heterocycles. The molecule has 0 amide bonds. The molecule has 8 aliphatic heterocycles. The van der Waals surface area contributed by atoms with Crippen LogP contribution in [0.15, 0.2) is 92.4 Å². The standard InChI is InChI=1S/C20H27NO5S.C19H25NO5S.C13H15FO5S.C8H6ClFO4S.C7H13N.C5H10O.C4H9NO.ClH/c1-19(12-26-13-19)14-27(23,24)15-3-4-16(18(22)25-2)17(11-15)21-9-7-20(5-6-20)8-10-21;1-18(11-25-12-18)13-26(23,24)14-2-3-15(17(21)22)16(10-14)20-8-6-19(4-5-19)7-9-20;1-13(6-19-7-13)8-20(16,17)9-3-4-10(11(14)5-9)12(15)18-2;1-14-8(11)6-3-2-5(4-7(6)10)15(9,12)13;1-2-7(1)3-5-8-6-4-7;1-5-3-2-4-6-5;1-4(5)2-6-3-4;/h3-4,11H,5-10,12-14H2,1-2H3;2-3,10H,4-9,11-13H2,1H3,(H,21,22);3-5H,6-8H2,1-2H3;2-4H,1H3;8H,1-6H2;5H,2-4H2,1H3;2-3,5H2,1H3;1H. The highest BCUT2D eigenvalue weighted by molar-refractivity contribution is 8.13. The molecular weight excluding hydrogens is 1540 g/mol. The number of rotatable bonds is 16. The number of carboxylic acids is 1. The summed E-state index contributed by atoms with van der Waals surface area (Å²) in [5, 5.41) is 12.9. The van der Waals surface area contributed by atoms with E-state index in [1.54, 1.807) is 25.1 Å². The fourth-order valence-corrected chi connectivity index (χ4v) is 20.3. The number of aromatic carboxylic acids is 1. The molecule has 0 aromatic heterocycles. The van der Waals surface area contributed by atoms with Gasteiger partial charge in [0.15, 0.2) is 29.5 Å². The monoisotopic (exact) mass is 1650 g/mol. The largest absolute Gasteiger partial charge is 0.478 e. The molecule has 4 aromatic rings. The average Bonchev–Trinajstić information content (AvgIpc) is 1.74. The van der Waals surface area contributed by atoms with Gasteiger partial charge in [0.25, 0.3) is 9.05 Å². The number of carbonyl (C=O) groups is 4. The van der Waals surface area contributed by atoms with Crippen LogP contribution >= 0.6 is 23.1 Å². The minimum atomic E-state index is -3.99. The molecule has 3 spiro atoms. The first-order valence-corrected chi connectivity index (χ1v) is 43.8. The van der Waals surface area contributed by atoms with Gasteiger partial charge in [0.05, 0.1) is 156 Å². The molecule has 3 aliphatic carbocycles. The molecule has 109 heavy (non-hydrogen) atoms. The molecule has 8 saturated heterocycles. The molecule has 11 aliphatic rings. The van der Waals surface area contributed by atoms with E-state index in [1.165, 1.54) is 109 Å². The van der Waals surface area contributed by atoms with E-state index in [4.69, 9.17) is 44.8 Å². The normalized spacial score (nSPS) is 21.9. The number of ether oxygens (including phenoxy) is 8. The number of nitrogens with two attached hydrogens (primary N) is 1. The third-order valence-corrected chi connectivity index (χ3v) is 29.3. The van der Waals surface area contributed by atoms with Crippen LogP contribution in [0.2, 0.25) is 0 Å². The topological polar surface area (TPSA) is 343 Å². The number of methoxy groups -OCH3 is 3. The summed E-state index contributed by atoms with van der Waals surface area (Å²) in [7, 11) is -6.01. The van der Waals surface area contributed by atoms with Gasteiger partial charge in [-0.2, -0.15) is 0 Å². The van der Waals surface area contributed by atoms with Crippen LogP contribution in [0.3, 0.4) is 0 Å². The van der Waals surface area contributed by atoms with Gasteiger partial charge >= 0.3 is 23.9 Å². The van der Waals surface area contributed by atoms with Crippen molar-refractivity contribution in [1.29, 1.82) is 0 Å². The minimum absolute atomic E-state index is 0. The maximum Gasteiger partial charge on any atom is 0.340 e. The lowest BCUT2D eigenvalue weighted by Crippen LogP contribution is -2.54. The average molecular weight is 1650 g/mol. The summed E-state index contributed by atoms with van der Waals surface area (Å²) >= 11 is 0. The van der Waals surface area contributed by atoms with Crippen molar-refractivity contribution in [3.8, 4) is 0 Å². The molecule has 25 nitrogen and oxygen atoms in total. The van der Waals surface area contributed by atoms with Gasteiger partial charge in [0.1, 0.15) is 11.6 Å². The molecule has 0 bridgehead atoms. The molecule has 4 aromatic carbocycles. The third-order valence-electron chi connectivity index (χ3n) is 21.8. The van der Waals surface area contributed by atoms with Crippen LogP contribution in [-0.2, 0) is 76.5 Å². The van der Waals surface area contributed by atoms with Gasteiger partial charge in [-0.15, -0.1) is 12.4 Å². The van der Waals surface area contributed by atoms with E-state index in [9.17, 15) is 66.7 Å². The van der Waals surface area contributed by atoms with Crippen LogP contribution in [0.4, 0.5) is 20.2 Å². The molecule has 0 radical (unpaired) electrons. The fraction of sp³-hybridized carbons (Fsp3) is 0.632. The highest BCUT2D eigenvalue weighted by atomic mass is 35.7. The number of esters is 3. The minimum Gasteiger partial charge on any atom is -0.478 e. The Balaban J connectivity index is 0.000000170. The fourth-order valence-electron chi connectivity index (χ4n) is 14.1. The number of hydrogen-bond donors (Lipinski definition) is 3. The Labute approximate surface area is 650 Å². The lowest BCUT2D eigenvalue weighted by atomic mass is 9.92. The van der Waals surface area contributed by atoms with Crippen molar-refractivity contribution in [3.63, 3.8) is 0 Å². The van der Waals surface area contributed by atoms with Gasteiger partial charge in [0, 0.05) is 59.7 Å². The zero-order valence-corrected chi connectivity index (χ0v) is 68.2. The first-order valence-electron chi connectivity index (χ1n) is 36.5. The highest BCUT2D eigenvalue weighted by Crippen LogP contribution is 2.56. The summed E-state index contributed by atoms with van der Waals surface area (Å²) in [6.07, 6.45) is 18.4. The number of halogens is 4. The van der Waals surface area contributed by atoms with Gasteiger partial charge in [-0.3, -0.25) is 0 Å². The number of hydrogen-bond acceptors (Lipinski definition) is 24. The summed E-state index contributed by atoms with van der Waals surface area (Å²) in [6.45, 7) is 20.6. The highest BCUT2D eigenvalue weighted by Gasteiger charge is 2.48. The maximum atomic E-state index is 13.8. The maximum absolute atomic E-state index is 13.8. The number of carboxylic acid groups (broad SMARTS) is 1. The Kier molecular flexibility index (Phi) is 29.5. The summed E-state index contributed by atoms with van der Waals surface area (Å²) in [4.78, 5) is 50.2. The van der Waals surface area contributed by atoms with Crippen LogP contribution in [0.25, 0.3) is 0 Å². The van der Waals surface area contributed by atoms with E-state index in [0.29, 0.717) is 79.6 Å². The summed E-state index contributed by atoms with van der Waals surface area (Å²) in [6, 6.07) is 15.1. The van der Waals surface area contributed by atoms with Crippen molar-refractivity contribution in [1.82, 2.24) is 5.32 Å². The zero-order valence-electron chi connectivity index (χ0n) is 63.4. The van der Waals surface area contributed by atoms with E-state index in [1.807, 2.05) is 25.7 Å². The Morgan fingerprint density at radius 3 is 1.08 bits per heavy atom. The van der Waals surface area contributed by atoms with Gasteiger partial charge < -0.3 is 63.9 Å². The third kappa shape index (κ3) is 24.2. The van der Waals surface area contributed by atoms with Crippen LogP contribution in [-0.4, -0.2) is 212 Å². The van der Waals surface area contributed by atoms with E-state index in [2.05, 4.69) is 26.6 Å². The Morgan fingerprint density at radius 2 is 0.817 bits per heavy atom. The first-order chi connectivity index (χ1) is 50.6. The van der Waals surface area contributed by atoms with E-state index in [-0.39, 0.29) is 77.4 Å². The molecule has 608 valence electrons. The molecule has 15 rings (SSSR count). The number of piperidine rings is 3.